The van der Waals surface area contributed by atoms with Gasteiger partial charge in [0.25, 0.3) is 5.95 Å². The molecule has 1 aliphatic heterocycles. The SMILES string of the molecule is Cc1nn(-c2ncccn2)c2c1C(c1cccc(Br)c1)CC(=O)N2. The normalized spacial score (nSPS) is 16.6. The number of carbonyl (C=O) groups excluding carboxylic acids is 1. The number of amides is 1. The van der Waals surface area contributed by atoms with Gasteiger partial charge in [-0.3, -0.25) is 4.79 Å². The molecule has 6 nitrogen and oxygen atoms in total. The fraction of sp³-hybridized carbons (Fsp3) is 0.176. The number of halogens is 1. The summed E-state index contributed by atoms with van der Waals surface area (Å²) in [5.41, 5.74) is 2.96. The third kappa shape index (κ3) is 2.50. The fourth-order valence-corrected chi connectivity index (χ4v) is 3.52. The fourth-order valence-electron chi connectivity index (χ4n) is 3.10. The number of nitrogens with one attached hydrogen (secondary N) is 1. The molecule has 1 aliphatic rings. The minimum atomic E-state index is -0.0382. The first-order valence-electron chi connectivity index (χ1n) is 7.55. The second-order valence-corrected chi connectivity index (χ2v) is 6.58. The van der Waals surface area contributed by atoms with E-state index in [1.165, 1.54) is 0 Å². The standard InChI is InChI=1S/C17H14BrN5O/c1-10-15-13(11-4-2-5-12(18)8-11)9-14(24)21-16(15)23(22-10)17-19-6-3-7-20-17/h2-8,13H,9H2,1H3,(H,21,24). The van der Waals surface area contributed by atoms with E-state index in [-0.39, 0.29) is 11.8 Å². The van der Waals surface area contributed by atoms with Crippen LogP contribution in [0, 0.1) is 6.92 Å². The van der Waals surface area contributed by atoms with Gasteiger partial charge in [-0.15, -0.1) is 0 Å². The van der Waals surface area contributed by atoms with E-state index in [1.54, 1.807) is 23.1 Å². The third-order valence-corrected chi connectivity index (χ3v) is 4.59. The van der Waals surface area contributed by atoms with Crippen molar-refractivity contribution in [2.24, 2.45) is 0 Å². The van der Waals surface area contributed by atoms with Crippen LogP contribution in [0.1, 0.15) is 29.2 Å². The summed E-state index contributed by atoms with van der Waals surface area (Å²) in [4.78, 5) is 20.8. The van der Waals surface area contributed by atoms with Gasteiger partial charge in [0, 0.05) is 34.8 Å². The quantitative estimate of drug-likeness (QED) is 0.737. The van der Waals surface area contributed by atoms with Crippen molar-refractivity contribution >= 4 is 27.7 Å². The average Bonchev–Trinajstić information content (AvgIpc) is 2.91. The highest BCUT2D eigenvalue weighted by molar-refractivity contribution is 9.10. The molecule has 24 heavy (non-hydrogen) atoms. The zero-order valence-electron chi connectivity index (χ0n) is 12.9. The molecule has 3 heterocycles. The minimum absolute atomic E-state index is 0.0374. The highest BCUT2D eigenvalue weighted by atomic mass is 79.9. The molecule has 0 radical (unpaired) electrons. The van der Waals surface area contributed by atoms with Gasteiger partial charge < -0.3 is 5.32 Å². The highest BCUT2D eigenvalue weighted by Gasteiger charge is 2.33. The zero-order chi connectivity index (χ0) is 16.7. The van der Waals surface area contributed by atoms with E-state index < -0.39 is 0 Å². The van der Waals surface area contributed by atoms with Crippen LogP contribution in [0.5, 0.6) is 0 Å². The van der Waals surface area contributed by atoms with Crippen LogP contribution in [0.3, 0.4) is 0 Å². The molecule has 0 saturated heterocycles. The lowest BCUT2D eigenvalue weighted by Crippen LogP contribution is -2.25. The number of hydrogen-bond acceptors (Lipinski definition) is 4. The Bertz CT molecular complexity index is 922. The molecule has 2 aromatic heterocycles. The van der Waals surface area contributed by atoms with E-state index in [9.17, 15) is 4.79 Å². The summed E-state index contributed by atoms with van der Waals surface area (Å²) < 4.78 is 2.59. The van der Waals surface area contributed by atoms with E-state index in [0.717, 1.165) is 21.3 Å². The van der Waals surface area contributed by atoms with Gasteiger partial charge in [0.2, 0.25) is 5.91 Å². The number of nitrogens with zero attached hydrogens (tertiary/aromatic N) is 4. The average molecular weight is 384 g/mol. The van der Waals surface area contributed by atoms with Crippen molar-refractivity contribution in [2.45, 2.75) is 19.3 Å². The number of carbonyl (C=O) groups is 1. The maximum atomic E-state index is 12.3. The smallest absolute Gasteiger partial charge is 0.252 e. The Hall–Kier alpha value is -2.54. The van der Waals surface area contributed by atoms with Crippen molar-refractivity contribution in [3.63, 3.8) is 0 Å². The molecular formula is C17H14BrN5O. The van der Waals surface area contributed by atoms with Crippen LogP contribution in [-0.2, 0) is 4.79 Å². The maximum Gasteiger partial charge on any atom is 0.252 e. The van der Waals surface area contributed by atoms with E-state index in [1.807, 2.05) is 31.2 Å². The van der Waals surface area contributed by atoms with Gasteiger partial charge in [-0.25, -0.2) is 9.97 Å². The molecule has 0 saturated carbocycles. The van der Waals surface area contributed by atoms with Crippen LogP contribution in [0.25, 0.3) is 5.95 Å². The number of anilines is 1. The molecule has 0 aliphatic carbocycles. The monoisotopic (exact) mass is 383 g/mol. The first-order chi connectivity index (χ1) is 11.6. The Labute approximate surface area is 147 Å². The molecule has 1 aromatic carbocycles. The third-order valence-electron chi connectivity index (χ3n) is 4.10. The lowest BCUT2D eigenvalue weighted by Gasteiger charge is -2.24. The lowest BCUT2D eigenvalue weighted by molar-refractivity contribution is -0.116. The van der Waals surface area contributed by atoms with Gasteiger partial charge in [-0.05, 0) is 30.7 Å². The molecule has 0 fully saturated rings. The molecule has 1 atom stereocenters. The summed E-state index contributed by atoms with van der Waals surface area (Å²) in [5.74, 6) is 1.02. The maximum absolute atomic E-state index is 12.3. The number of benzene rings is 1. The van der Waals surface area contributed by atoms with Crippen LogP contribution >= 0.6 is 15.9 Å². The van der Waals surface area contributed by atoms with Gasteiger partial charge >= 0.3 is 0 Å². The molecule has 7 heteroatoms. The van der Waals surface area contributed by atoms with Crippen LogP contribution in [0.4, 0.5) is 5.82 Å². The van der Waals surface area contributed by atoms with Crippen LogP contribution in [0.2, 0.25) is 0 Å². The molecule has 120 valence electrons. The first kappa shape index (κ1) is 15.0. The molecule has 1 N–H and O–H groups in total. The Morgan fingerprint density at radius 1 is 1.25 bits per heavy atom. The lowest BCUT2D eigenvalue weighted by atomic mass is 9.86. The van der Waals surface area contributed by atoms with Crippen molar-refractivity contribution in [1.29, 1.82) is 0 Å². The van der Waals surface area contributed by atoms with E-state index in [0.29, 0.717) is 18.2 Å². The number of aryl methyl sites for hydroxylation is 1. The Morgan fingerprint density at radius 3 is 2.79 bits per heavy atom. The van der Waals surface area contributed by atoms with Crippen molar-refractivity contribution in [1.82, 2.24) is 19.7 Å². The van der Waals surface area contributed by atoms with Gasteiger partial charge in [0.05, 0.1) is 5.69 Å². The molecular weight excluding hydrogens is 370 g/mol. The zero-order valence-corrected chi connectivity index (χ0v) is 14.5. The van der Waals surface area contributed by atoms with Gasteiger partial charge in [0.15, 0.2) is 0 Å². The summed E-state index contributed by atoms with van der Waals surface area (Å²) in [5, 5.41) is 7.49. The van der Waals surface area contributed by atoms with Crippen molar-refractivity contribution in [3.05, 3.63) is 64.0 Å². The Balaban J connectivity index is 1.89. The molecule has 1 amide bonds. The number of rotatable bonds is 2. The molecule has 0 spiro atoms. The Kier molecular flexibility index (Phi) is 3.65. The molecule has 0 bridgehead atoms. The van der Waals surface area contributed by atoms with E-state index >= 15 is 0 Å². The van der Waals surface area contributed by atoms with Crippen LogP contribution < -0.4 is 5.32 Å². The summed E-state index contributed by atoms with van der Waals surface area (Å²) in [6.45, 7) is 1.95. The van der Waals surface area contributed by atoms with E-state index in [4.69, 9.17) is 0 Å². The topological polar surface area (TPSA) is 72.7 Å². The summed E-state index contributed by atoms with van der Waals surface area (Å²) >= 11 is 3.50. The second kappa shape index (κ2) is 5.83. The van der Waals surface area contributed by atoms with Crippen LogP contribution in [-0.4, -0.2) is 25.7 Å². The highest BCUT2D eigenvalue weighted by Crippen LogP contribution is 2.40. The van der Waals surface area contributed by atoms with Crippen molar-refractivity contribution < 1.29 is 4.79 Å². The number of hydrogen-bond donors (Lipinski definition) is 1. The van der Waals surface area contributed by atoms with Crippen molar-refractivity contribution in [3.8, 4) is 5.95 Å². The minimum Gasteiger partial charge on any atom is -0.310 e. The predicted octanol–water partition coefficient (Wildman–Crippen LogP) is 3.21. The molecule has 4 rings (SSSR count). The largest absolute Gasteiger partial charge is 0.310 e. The predicted molar refractivity (Wildman–Crippen MR) is 93.1 cm³/mol. The summed E-state index contributed by atoms with van der Waals surface area (Å²) in [6, 6.07) is 9.78. The number of aromatic nitrogens is 4. The Morgan fingerprint density at radius 2 is 2.04 bits per heavy atom. The molecule has 1 unspecified atom stereocenters. The number of fused-ring (bicyclic) bond motifs is 1. The summed E-state index contributed by atoms with van der Waals surface area (Å²) in [6.07, 6.45) is 3.70. The van der Waals surface area contributed by atoms with Crippen LogP contribution in [0.15, 0.2) is 47.2 Å². The second-order valence-electron chi connectivity index (χ2n) is 5.67. The summed E-state index contributed by atoms with van der Waals surface area (Å²) in [7, 11) is 0. The first-order valence-corrected chi connectivity index (χ1v) is 8.35. The van der Waals surface area contributed by atoms with Crippen molar-refractivity contribution in [2.75, 3.05) is 5.32 Å². The van der Waals surface area contributed by atoms with Gasteiger partial charge in [-0.1, -0.05) is 28.1 Å². The van der Waals surface area contributed by atoms with Gasteiger partial charge in [0.1, 0.15) is 5.82 Å². The molecule has 3 aromatic rings. The van der Waals surface area contributed by atoms with Gasteiger partial charge in [-0.2, -0.15) is 9.78 Å². The van der Waals surface area contributed by atoms with E-state index in [2.05, 4.69) is 36.3 Å².